The maximum atomic E-state index is 11.0. The summed E-state index contributed by atoms with van der Waals surface area (Å²) >= 11 is 0. The van der Waals surface area contributed by atoms with Crippen LogP contribution >= 0.6 is 0 Å². The number of aromatic nitrogens is 4. The van der Waals surface area contributed by atoms with Crippen LogP contribution in [0.25, 0.3) is 11.0 Å². The second-order valence-corrected chi connectivity index (χ2v) is 4.64. The van der Waals surface area contributed by atoms with E-state index in [1.807, 2.05) is 14.0 Å². The summed E-state index contributed by atoms with van der Waals surface area (Å²) in [6.07, 6.45) is 1.45. The summed E-state index contributed by atoms with van der Waals surface area (Å²) in [4.78, 5) is 19.4. The standard InChI is InChI=1S/C14H13N5O2/c1-8-11-12(15-7-16-13(11)19(2)18-8)17-10-5-3-4-9(6-10)14(20)21/h3-7H,1-2H3,(H,20,21)(H,15,16,17). The van der Waals surface area contributed by atoms with Gasteiger partial charge in [0, 0.05) is 12.7 Å². The Morgan fingerprint density at radius 3 is 2.90 bits per heavy atom. The lowest BCUT2D eigenvalue weighted by molar-refractivity contribution is 0.0697. The second kappa shape index (κ2) is 4.86. The third kappa shape index (κ3) is 2.29. The molecule has 0 saturated carbocycles. The molecule has 2 heterocycles. The molecule has 7 heteroatoms. The van der Waals surface area contributed by atoms with Crippen LogP contribution in [0.15, 0.2) is 30.6 Å². The zero-order valence-corrected chi connectivity index (χ0v) is 11.5. The van der Waals surface area contributed by atoms with E-state index in [-0.39, 0.29) is 5.56 Å². The van der Waals surface area contributed by atoms with E-state index in [4.69, 9.17) is 5.11 Å². The van der Waals surface area contributed by atoms with Gasteiger partial charge >= 0.3 is 5.97 Å². The minimum Gasteiger partial charge on any atom is -0.478 e. The molecule has 0 radical (unpaired) electrons. The monoisotopic (exact) mass is 283 g/mol. The quantitative estimate of drug-likeness (QED) is 0.764. The lowest BCUT2D eigenvalue weighted by Crippen LogP contribution is -2.00. The first-order valence-corrected chi connectivity index (χ1v) is 6.31. The molecular formula is C14H13N5O2. The van der Waals surface area contributed by atoms with Crippen LogP contribution in [0.3, 0.4) is 0 Å². The molecule has 0 atom stereocenters. The molecule has 7 nitrogen and oxygen atoms in total. The van der Waals surface area contributed by atoms with Gasteiger partial charge in [-0.3, -0.25) is 4.68 Å². The van der Waals surface area contributed by atoms with Crippen LogP contribution in [0.2, 0.25) is 0 Å². The van der Waals surface area contributed by atoms with Gasteiger partial charge in [0.2, 0.25) is 0 Å². The Morgan fingerprint density at radius 2 is 2.14 bits per heavy atom. The number of rotatable bonds is 3. The number of anilines is 2. The van der Waals surface area contributed by atoms with Gasteiger partial charge in [0.25, 0.3) is 0 Å². The number of carbonyl (C=O) groups is 1. The fraction of sp³-hybridized carbons (Fsp3) is 0.143. The highest BCUT2D eigenvalue weighted by Crippen LogP contribution is 2.25. The number of carboxylic acid groups (broad SMARTS) is 1. The minimum atomic E-state index is -0.968. The number of hydrogen-bond donors (Lipinski definition) is 2. The molecule has 0 aliphatic carbocycles. The lowest BCUT2D eigenvalue weighted by Gasteiger charge is -2.07. The normalized spacial score (nSPS) is 10.8. The van der Waals surface area contributed by atoms with Crippen molar-refractivity contribution < 1.29 is 9.90 Å². The summed E-state index contributed by atoms with van der Waals surface area (Å²) in [6, 6.07) is 6.56. The Morgan fingerprint density at radius 1 is 1.33 bits per heavy atom. The molecule has 0 unspecified atom stereocenters. The second-order valence-electron chi connectivity index (χ2n) is 4.64. The highest BCUT2D eigenvalue weighted by atomic mass is 16.4. The number of aromatic carboxylic acids is 1. The molecule has 2 N–H and O–H groups in total. The van der Waals surface area contributed by atoms with Gasteiger partial charge in [0.05, 0.1) is 16.6 Å². The largest absolute Gasteiger partial charge is 0.478 e. The van der Waals surface area contributed by atoms with Gasteiger partial charge in [-0.1, -0.05) is 6.07 Å². The number of nitrogens with one attached hydrogen (secondary N) is 1. The fourth-order valence-corrected chi connectivity index (χ4v) is 2.24. The molecule has 2 aromatic heterocycles. The number of hydrogen-bond acceptors (Lipinski definition) is 5. The predicted molar refractivity (Wildman–Crippen MR) is 77.7 cm³/mol. The average molecular weight is 283 g/mol. The summed E-state index contributed by atoms with van der Waals surface area (Å²) in [5, 5.41) is 17.3. The molecule has 3 aromatic rings. The first-order chi connectivity index (χ1) is 10.1. The predicted octanol–water partition coefficient (Wildman–Crippen LogP) is 2.11. The van der Waals surface area contributed by atoms with Crippen molar-refractivity contribution in [1.82, 2.24) is 19.7 Å². The van der Waals surface area contributed by atoms with Crippen molar-refractivity contribution in [2.75, 3.05) is 5.32 Å². The SMILES string of the molecule is Cc1nn(C)c2ncnc(Nc3cccc(C(=O)O)c3)c12. The molecule has 21 heavy (non-hydrogen) atoms. The highest BCUT2D eigenvalue weighted by molar-refractivity contribution is 5.92. The van der Waals surface area contributed by atoms with Gasteiger partial charge in [0.15, 0.2) is 5.65 Å². The van der Waals surface area contributed by atoms with E-state index in [1.54, 1.807) is 28.9 Å². The molecule has 106 valence electrons. The van der Waals surface area contributed by atoms with Gasteiger partial charge in [-0.15, -0.1) is 0 Å². The number of carboxylic acids is 1. The molecule has 0 saturated heterocycles. The first kappa shape index (κ1) is 13.0. The Bertz CT molecular complexity index is 840. The van der Waals surface area contributed by atoms with Gasteiger partial charge in [0.1, 0.15) is 12.1 Å². The maximum absolute atomic E-state index is 11.0. The molecule has 0 aliphatic heterocycles. The Kier molecular flexibility index (Phi) is 3.02. The number of aryl methyl sites for hydroxylation is 2. The van der Waals surface area contributed by atoms with E-state index in [0.717, 1.165) is 16.7 Å². The van der Waals surface area contributed by atoms with E-state index < -0.39 is 5.97 Å². The number of nitrogens with zero attached hydrogens (tertiary/aromatic N) is 4. The average Bonchev–Trinajstić information content (AvgIpc) is 2.75. The summed E-state index contributed by atoms with van der Waals surface area (Å²) < 4.78 is 1.69. The van der Waals surface area contributed by atoms with Crippen LogP contribution in [-0.4, -0.2) is 30.8 Å². The molecule has 0 aliphatic rings. The Hall–Kier alpha value is -2.96. The van der Waals surface area contributed by atoms with Crippen molar-refractivity contribution >= 4 is 28.5 Å². The van der Waals surface area contributed by atoms with Crippen molar-refractivity contribution in [1.29, 1.82) is 0 Å². The van der Waals surface area contributed by atoms with Crippen LogP contribution in [0.1, 0.15) is 16.1 Å². The topological polar surface area (TPSA) is 92.9 Å². The molecule has 1 aromatic carbocycles. The van der Waals surface area contributed by atoms with Crippen molar-refractivity contribution in [2.24, 2.45) is 7.05 Å². The van der Waals surface area contributed by atoms with E-state index in [9.17, 15) is 4.79 Å². The van der Waals surface area contributed by atoms with E-state index in [2.05, 4.69) is 20.4 Å². The van der Waals surface area contributed by atoms with E-state index in [0.29, 0.717) is 11.5 Å². The number of fused-ring (bicyclic) bond motifs is 1. The molecule has 0 amide bonds. The molecule has 0 fully saturated rings. The molecule has 0 spiro atoms. The van der Waals surface area contributed by atoms with Crippen molar-refractivity contribution in [3.63, 3.8) is 0 Å². The van der Waals surface area contributed by atoms with Crippen molar-refractivity contribution in [2.45, 2.75) is 6.92 Å². The first-order valence-electron chi connectivity index (χ1n) is 6.31. The summed E-state index contributed by atoms with van der Waals surface area (Å²) in [6.45, 7) is 1.88. The van der Waals surface area contributed by atoms with E-state index >= 15 is 0 Å². The smallest absolute Gasteiger partial charge is 0.335 e. The van der Waals surface area contributed by atoms with Gasteiger partial charge < -0.3 is 10.4 Å². The zero-order valence-electron chi connectivity index (χ0n) is 11.5. The summed E-state index contributed by atoms with van der Waals surface area (Å²) in [5.74, 6) is -0.364. The third-order valence-corrected chi connectivity index (χ3v) is 3.17. The minimum absolute atomic E-state index is 0.216. The lowest BCUT2D eigenvalue weighted by atomic mass is 10.2. The molecular weight excluding hydrogens is 270 g/mol. The van der Waals surface area contributed by atoms with Crippen LogP contribution in [0.5, 0.6) is 0 Å². The fourth-order valence-electron chi connectivity index (χ4n) is 2.24. The van der Waals surface area contributed by atoms with Gasteiger partial charge in [-0.05, 0) is 25.1 Å². The maximum Gasteiger partial charge on any atom is 0.335 e. The van der Waals surface area contributed by atoms with Crippen molar-refractivity contribution in [3.05, 3.63) is 41.9 Å². The van der Waals surface area contributed by atoms with Crippen LogP contribution in [0, 0.1) is 6.92 Å². The Labute approximate surface area is 120 Å². The summed E-state index contributed by atoms with van der Waals surface area (Å²) in [7, 11) is 1.82. The molecule has 0 bridgehead atoms. The van der Waals surface area contributed by atoms with Gasteiger partial charge in [-0.2, -0.15) is 5.10 Å². The van der Waals surface area contributed by atoms with Crippen LogP contribution < -0.4 is 5.32 Å². The van der Waals surface area contributed by atoms with Crippen LogP contribution in [0.4, 0.5) is 11.5 Å². The van der Waals surface area contributed by atoms with Crippen LogP contribution in [-0.2, 0) is 7.05 Å². The molecule has 3 rings (SSSR count). The van der Waals surface area contributed by atoms with E-state index in [1.165, 1.54) is 6.33 Å². The third-order valence-electron chi connectivity index (χ3n) is 3.17. The Balaban J connectivity index is 2.06. The van der Waals surface area contributed by atoms with Gasteiger partial charge in [-0.25, -0.2) is 14.8 Å². The highest BCUT2D eigenvalue weighted by Gasteiger charge is 2.12. The number of benzene rings is 1. The van der Waals surface area contributed by atoms with Crippen molar-refractivity contribution in [3.8, 4) is 0 Å². The zero-order chi connectivity index (χ0) is 15.0. The summed E-state index contributed by atoms with van der Waals surface area (Å²) in [5.41, 5.74) is 2.40.